The molecule has 1 heterocycles. The molecule has 0 aromatic rings. The number of thioether (sulfide) groups is 1. The van der Waals surface area contributed by atoms with Crippen LogP contribution in [0, 0.1) is 5.92 Å². The molecule has 0 saturated carbocycles. The molecule has 1 unspecified atom stereocenters. The van der Waals surface area contributed by atoms with E-state index < -0.39 is 0 Å². The maximum Gasteiger partial charge on any atom is 0.0876 e. The molecule has 0 amide bonds. The minimum atomic E-state index is 0.194. The molecule has 1 rings (SSSR count). The van der Waals surface area contributed by atoms with Crippen LogP contribution in [-0.2, 0) is 4.74 Å². The number of hydrogen-bond donors (Lipinski definition) is 1. The molecule has 1 atom stereocenters. The normalized spacial score (nSPS) is 19.0. The minimum absolute atomic E-state index is 0.194. The Hall–Kier alpha value is -0.150. The second-order valence-electron chi connectivity index (χ2n) is 4.20. The maximum atomic E-state index is 6.07. The highest BCUT2D eigenvalue weighted by atomic mass is 32.2. The summed E-state index contributed by atoms with van der Waals surface area (Å²) in [5.74, 6) is 2.97. The van der Waals surface area contributed by atoms with Gasteiger partial charge in [-0.1, -0.05) is 13.8 Å². The summed E-state index contributed by atoms with van der Waals surface area (Å²) < 4.78 is 5.28. The molecule has 3 heteroatoms. The zero-order valence-corrected chi connectivity index (χ0v) is 9.98. The second kappa shape index (κ2) is 6.36. The molecule has 2 N–H and O–H groups in total. The van der Waals surface area contributed by atoms with E-state index in [1.165, 1.54) is 11.3 Å². The molecule has 0 fully saturated rings. The van der Waals surface area contributed by atoms with Crippen molar-refractivity contribution in [2.75, 3.05) is 18.1 Å². The van der Waals surface area contributed by atoms with Crippen molar-refractivity contribution < 1.29 is 4.74 Å². The standard InChI is InChI=1S/C11H21NOS/c1-9(2)7-14-8-11(12)10-4-3-5-13-6-10/h6,9,11H,3-5,7-8,12H2,1-2H3. The predicted molar refractivity (Wildman–Crippen MR) is 63.4 cm³/mol. The van der Waals surface area contributed by atoms with Gasteiger partial charge in [0, 0.05) is 11.8 Å². The summed E-state index contributed by atoms with van der Waals surface area (Å²) in [7, 11) is 0. The highest BCUT2D eigenvalue weighted by molar-refractivity contribution is 7.99. The Morgan fingerprint density at radius 1 is 1.50 bits per heavy atom. The van der Waals surface area contributed by atoms with E-state index in [0.29, 0.717) is 0 Å². The maximum absolute atomic E-state index is 6.07. The summed E-state index contributed by atoms with van der Waals surface area (Å²) in [5.41, 5.74) is 7.35. The van der Waals surface area contributed by atoms with Crippen LogP contribution in [0.2, 0.25) is 0 Å². The van der Waals surface area contributed by atoms with Crippen LogP contribution in [0.4, 0.5) is 0 Å². The molecule has 0 aliphatic carbocycles. The molecular formula is C11H21NOS. The van der Waals surface area contributed by atoms with Gasteiger partial charge in [0.25, 0.3) is 0 Å². The third-order valence-corrected chi connectivity index (χ3v) is 3.68. The van der Waals surface area contributed by atoms with Crippen molar-refractivity contribution in [1.82, 2.24) is 0 Å². The SMILES string of the molecule is CC(C)CSCC(N)C1=COCCC1. The third-order valence-electron chi connectivity index (χ3n) is 2.19. The molecule has 0 spiro atoms. The lowest BCUT2D eigenvalue weighted by Crippen LogP contribution is -2.27. The molecular weight excluding hydrogens is 194 g/mol. The van der Waals surface area contributed by atoms with Crippen molar-refractivity contribution in [3.8, 4) is 0 Å². The van der Waals surface area contributed by atoms with Crippen LogP contribution in [0.15, 0.2) is 11.8 Å². The Balaban J connectivity index is 2.20. The molecule has 0 aromatic carbocycles. The van der Waals surface area contributed by atoms with Crippen molar-refractivity contribution in [2.24, 2.45) is 11.7 Å². The molecule has 2 nitrogen and oxygen atoms in total. The lowest BCUT2D eigenvalue weighted by atomic mass is 10.0. The summed E-state index contributed by atoms with van der Waals surface area (Å²) in [6, 6.07) is 0.194. The summed E-state index contributed by atoms with van der Waals surface area (Å²) >= 11 is 1.94. The van der Waals surface area contributed by atoms with Crippen molar-refractivity contribution in [3.05, 3.63) is 11.8 Å². The van der Waals surface area contributed by atoms with Crippen LogP contribution >= 0.6 is 11.8 Å². The van der Waals surface area contributed by atoms with E-state index in [1.54, 1.807) is 0 Å². The van der Waals surface area contributed by atoms with Crippen LogP contribution in [0.1, 0.15) is 26.7 Å². The number of ether oxygens (including phenoxy) is 1. The van der Waals surface area contributed by atoms with E-state index in [0.717, 1.165) is 31.1 Å². The number of hydrogen-bond acceptors (Lipinski definition) is 3. The average molecular weight is 215 g/mol. The summed E-state index contributed by atoms with van der Waals surface area (Å²) in [4.78, 5) is 0. The topological polar surface area (TPSA) is 35.2 Å². The Bertz CT molecular complexity index is 192. The van der Waals surface area contributed by atoms with E-state index in [9.17, 15) is 0 Å². The summed E-state index contributed by atoms with van der Waals surface area (Å²) in [6.45, 7) is 5.33. The highest BCUT2D eigenvalue weighted by Gasteiger charge is 2.12. The van der Waals surface area contributed by atoms with Gasteiger partial charge in [-0.2, -0.15) is 11.8 Å². The molecule has 82 valence electrons. The van der Waals surface area contributed by atoms with E-state index in [-0.39, 0.29) is 6.04 Å². The van der Waals surface area contributed by atoms with E-state index in [1.807, 2.05) is 18.0 Å². The van der Waals surface area contributed by atoms with Gasteiger partial charge in [0.15, 0.2) is 0 Å². The van der Waals surface area contributed by atoms with Crippen molar-refractivity contribution in [2.45, 2.75) is 32.7 Å². The largest absolute Gasteiger partial charge is 0.501 e. The van der Waals surface area contributed by atoms with Crippen LogP contribution in [0.5, 0.6) is 0 Å². The van der Waals surface area contributed by atoms with Crippen LogP contribution in [0.3, 0.4) is 0 Å². The zero-order chi connectivity index (χ0) is 10.4. The average Bonchev–Trinajstić information content (AvgIpc) is 2.18. The Labute approximate surface area is 91.3 Å². The molecule has 1 aliphatic rings. The van der Waals surface area contributed by atoms with Crippen LogP contribution in [0.25, 0.3) is 0 Å². The fourth-order valence-corrected chi connectivity index (χ4v) is 2.47. The predicted octanol–water partition coefficient (Wildman–Crippen LogP) is 2.40. The molecule has 1 aliphatic heterocycles. The van der Waals surface area contributed by atoms with Gasteiger partial charge < -0.3 is 10.5 Å². The lowest BCUT2D eigenvalue weighted by molar-refractivity contribution is 0.222. The van der Waals surface area contributed by atoms with Crippen LogP contribution < -0.4 is 5.73 Å². The van der Waals surface area contributed by atoms with Crippen molar-refractivity contribution in [1.29, 1.82) is 0 Å². The van der Waals surface area contributed by atoms with Gasteiger partial charge >= 0.3 is 0 Å². The fourth-order valence-electron chi connectivity index (χ4n) is 1.40. The Kier molecular flexibility index (Phi) is 5.41. The summed E-state index contributed by atoms with van der Waals surface area (Å²) in [6.07, 6.45) is 4.10. The lowest BCUT2D eigenvalue weighted by Gasteiger charge is -2.19. The van der Waals surface area contributed by atoms with Gasteiger partial charge in [0.1, 0.15) is 0 Å². The van der Waals surface area contributed by atoms with Gasteiger partial charge in [-0.3, -0.25) is 0 Å². The smallest absolute Gasteiger partial charge is 0.0876 e. The van der Waals surface area contributed by atoms with Crippen LogP contribution in [-0.4, -0.2) is 24.2 Å². The fraction of sp³-hybridized carbons (Fsp3) is 0.818. The van der Waals surface area contributed by atoms with E-state index >= 15 is 0 Å². The molecule has 0 bridgehead atoms. The first-order chi connectivity index (χ1) is 6.70. The third kappa shape index (κ3) is 4.38. The summed E-state index contributed by atoms with van der Waals surface area (Å²) in [5, 5.41) is 0. The molecule has 14 heavy (non-hydrogen) atoms. The van der Waals surface area contributed by atoms with E-state index in [4.69, 9.17) is 10.5 Å². The molecule has 0 aromatic heterocycles. The first-order valence-electron chi connectivity index (χ1n) is 5.34. The van der Waals surface area contributed by atoms with E-state index in [2.05, 4.69) is 13.8 Å². The van der Waals surface area contributed by atoms with Crippen molar-refractivity contribution >= 4 is 11.8 Å². The second-order valence-corrected chi connectivity index (χ2v) is 5.28. The minimum Gasteiger partial charge on any atom is -0.501 e. The monoisotopic (exact) mass is 215 g/mol. The zero-order valence-electron chi connectivity index (χ0n) is 9.16. The van der Waals surface area contributed by atoms with Gasteiger partial charge in [-0.25, -0.2) is 0 Å². The number of rotatable bonds is 5. The Morgan fingerprint density at radius 2 is 2.29 bits per heavy atom. The number of nitrogens with two attached hydrogens (primary N) is 1. The van der Waals surface area contributed by atoms with Gasteiger partial charge in [-0.05, 0) is 30.1 Å². The highest BCUT2D eigenvalue weighted by Crippen LogP contribution is 2.18. The first-order valence-corrected chi connectivity index (χ1v) is 6.49. The van der Waals surface area contributed by atoms with Gasteiger partial charge in [-0.15, -0.1) is 0 Å². The van der Waals surface area contributed by atoms with Gasteiger partial charge in [0.2, 0.25) is 0 Å². The Morgan fingerprint density at radius 3 is 2.86 bits per heavy atom. The molecule has 0 radical (unpaired) electrons. The molecule has 0 saturated heterocycles. The first kappa shape index (κ1) is 11.9. The quantitative estimate of drug-likeness (QED) is 0.765. The van der Waals surface area contributed by atoms with Gasteiger partial charge in [0.05, 0.1) is 12.9 Å². The van der Waals surface area contributed by atoms with Crippen molar-refractivity contribution in [3.63, 3.8) is 0 Å².